The zero-order valence-corrected chi connectivity index (χ0v) is 11.2. The van der Waals surface area contributed by atoms with Crippen LogP contribution in [0.4, 0.5) is 11.4 Å². The van der Waals surface area contributed by atoms with Crippen molar-refractivity contribution in [1.82, 2.24) is 0 Å². The van der Waals surface area contributed by atoms with Crippen LogP contribution in [-0.2, 0) is 16.0 Å². The zero-order valence-electron chi connectivity index (χ0n) is 11.2. The summed E-state index contributed by atoms with van der Waals surface area (Å²) in [5, 5.41) is 2.81. The minimum absolute atomic E-state index is 0.0357. The first-order valence-corrected chi connectivity index (χ1v) is 6.63. The summed E-state index contributed by atoms with van der Waals surface area (Å²) in [7, 11) is 0. The number of carbonyl (C=O) groups excluding carboxylic acids is 1. The number of carbonyl (C=O) groups is 1. The first kappa shape index (κ1) is 13.7. The van der Waals surface area contributed by atoms with Crippen molar-refractivity contribution in [3.8, 4) is 5.75 Å². The Labute approximate surface area is 113 Å². The fourth-order valence-electron chi connectivity index (χ4n) is 2.00. The minimum Gasteiger partial charge on any atom is -0.489 e. The van der Waals surface area contributed by atoms with E-state index in [2.05, 4.69) is 12.2 Å². The Morgan fingerprint density at radius 2 is 2.11 bits per heavy atom. The lowest BCUT2D eigenvalue weighted by Gasteiger charge is -2.19. The lowest BCUT2D eigenvalue weighted by molar-refractivity contribution is -0.116. The smallest absolute Gasteiger partial charge is 0.224 e. The van der Waals surface area contributed by atoms with Gasteiger partial charge in [0.2, 0.25) is 5.91 Å². The molecule has 0 bridgehead atoms. The number of hydrogen-bond donors (Lipinski definition) is 2. The topological polar surface area (TPSA) is 73.6 Å². The van der Waals surface area contributed by atoms with Gasteiger partial charge in [-0.3, -0.25) is 4.79 Å². The molecule has 0 spiro atoms. The van der Waals surface area contributed by atoms with Gasteiger partial charge in [-0.1, -0.05) is 6.92 Å². The van der Waals surface area contributed by atoms with Crippen molar-refractivity contribution in [3.05, 3.63) is 17.7 Å². The molecule has 3 N–H and O–H groups in total. The summed E-state index contributed by atoms with van der Waals surface area (Å²) in [6.45, 7) is 3.85. The molecule has 0 fully saturated rings. The molecule has 2 rings (SSSR count). The first-order chi connectivity index (χ1) is 9.20. The largest absolute Gasteiger partial charge is 0.489 e. The molecule has 0 atom stereocenters. The number of fused-ring (bicyclic) bond motifs is 1. The van der Waals surface area contributed by atoms with Crippen molar-refractivity contribution >= 4 is 17.3 Å². The molecule has 19 heavy (non-hydrogen) atoms. The van der Waals surface area contributed by atoms with Crippen molar-refractivity contribution in [3.63, 3.8) is 0 Å². The number of hydrogen-bond acceptors (Lipinski definition) is 4. The van der Waals surface area contributed by atoms with Gasteiger partial charge in [0.1, 0.15) is 12.4 Å². The van der Waals surface area contributed by atoms with E-state index < -0.39 is 0 Å². The Bertz CT molecular complexity index is 460. The van der Waals surface area contributed by atoms with Crippen LogP contribution in [0.3, 0.4) is 0 Å². The highest BCUT2D eigenvalue weighted by molar-refractivity contribution is 5.94. The van der Waals surface area contributed by atoms with Gasteiger partial charge in [0.25, 0.3) is 0 Å². The minimum atomic E-state index is 0.0357. The molecule has 5 heteroatoms. The average molecular weight is 264 g/mol. The van der Waals surface area contributed by atoms with Crippen molar-refractivity contribution in [1.29, 1.82) is 0 Å². The molecule has 1 aromatic carbocycles. The van der Waals surface area contributed by atoms with Gasteiger partial charge < -0.3 is 20.5 Å². The van der Waals surface area contributed by atoms with E-state index in [0.29, 0.717) is 31.1 Å². The molecule has 5 nitrogen and oxygen atoms in total. The molecular weight excluding hydrogens is 244 g/mol. The number of nitrogens with two attached hydrogens (primary N) is 1. The zero-order chi connectivity index (χ0) is 13.7. The SMILES string of the molecule is CCCOCCOc1cc2c(cc1N)NC(=O)CC2. The van der Waals surface area contributed by atoms with E-state index >= 15 is 0 Å². The van der Waals surface area contributed by atoms with Crippen LogP contribution in [0, 0.1) is 0 Å². The second-order valence-corrected chi connectivity index (χ2v) is 4.56. The Kier molecular flexibility index (Phi) is 4.63. The van der Waals surface area contributed by atoms with Crippen LogP contribution >= 0.6 is 0 Å². The van der Waals surface area contributed by atoms with E-state index in [9.17, 15) is 4.79 Å². The van der Waals surface area contributed by atoms with Crippen molar-refractivity contribution in [2.45, 2.75) is 26.2 Å². The highest BCUT2D eigenvalue weighted by atomic mass is 16.5. The maximum atomic E-state index is 11.3. The maximum Gasteiger partial charge on any atom is 0.224 e. The number of amides is 1. The van der Waals surface area contributed by atoms with Crippen molar-refractivity contribution in [2.24, 2.45) is 0 Å². The molecule has 1 heterocycles. The fraction of sp³-hybridized carbons (Fsp3) is 0.500. The maximum absolute atomic E-state index is 11.3. The van der Waals surface area contributed by atoms with Crippen LogP contribution in [0.1, 0.15) is 25.3 Å². The summed E-state index contributed by atoms with van der Waals surface area (Å²) < 4.78 is 11.0. The van der Waals surface area contributed by atoms with Gasteiger partial charge in [-0.15, -0.1) is 0 Å². The van der Waals surface area contributed by atoms with Crippen LogP contribution in [0.25, 0.3) is 0 Å². The van der Waals surface area contributed by atoms with Crippen LogP contribution in [0.15, 0.2) is 12.1 Å². The van der Waals surface area contributed by atoms with E-state index in [1.807, 2.05) is 6.07 Å². The summed E-state index contributed by atoms with van der Waals surface area (Å²) >= 11 is 0. The Balaban J connectivity index is 1.96. The highest BCUT2D eigenvalue weighted by Crippen LogP contribution is 2.32. The monoisotopic (exact) mass is 264 g/mol. The third-order valence-electron chi connectivity index (χ3n) is 2.96. The molecule has 1 aromatic rings. The molecule has 1 aliphatic rings. The molecular formula is C14H20N2O3. The molecule has 0 saturated heterocycles. The standard InChI is InChI=1S/C14H20N2O3/c1-2-5-18-6-7-19-13-8-10-3-4-14(17)16-12(10)9-11(13)15/h8-9H,2-7,15H2,1H3,(H,16,17). The summed E-state index contributed by atoms with van der Waals surface area (Å²) in [5.74, 6) is 0.698. The number of benzene rings is 1. The highest BCUT2D eigenvalue weighted by Gasteiger charge is 2.17. The van der Waals surface area contributed by atoms with Gasteiger partial charge in [0, 0.05) is 18.7 Å². The van der Waals surface area contributed by atoms with Gasteiger partial charge >= 0.3 is 0 Å². The molecule has 1 amide bonds. The van der Waals surface area contributed by atoms with Crippen molar-refractivity contribution in [2.75, 3.05) is 30.9 Å². The molecule has 0 aromatic heterocycles. The van der Waals surface area contributed by atoms with Gasteiger partial charge in [-0.25, -0.2) is 0 Å². The third kappa shape index (κ3) is 3.61. The van der Waals surface area contributed by atoms with Gasteiger partial charge in [0.15, 0.2) is 0 Å². The first-order valence-electron chi connectivity index (χ1n) is 6.63. The predicted molar refractivity (Wildman–Crippen MR) is 74.4 cm³/mol. The quantitative estimate of drug-likeness (QED) is 0.608. The van der Waals surface area contributed by atoms with E-state index in [1.165, 1.54) is 0 Å². The third-order valence-corrected chi connectivity index (χ3v) is 2.96. The second kappa shape index (κ2) is 6.43. The number of rotatable bonds is 6. The summed E-state index contributed by atoms with van der Waals surface area (Å²) in [6.07, 6.45) is 2.24. The van der Waals surface area contributed by atoms with Crippen LogP contribution < -0.4 is 15.8 Å². The van der Waals surface area contributed by atoms with E-state index in [1.54, 1.807) is 6.07 Å². The lowest BCUT2D eigenvalue weighted by Crippen LogP contribution is -2.19. The Morgan fingerprint density at radius 1 is 1.26 bits per heavy atom. The number of ether oxygens (including phenoxy) is 2. The number of aryl methyl sites for hydroxylation is 1. The molecule has 1 aliphatic heterocycles. The average Bonchev–Trinajstić information content (AvgIpc) is 2.39. The Hall–Kier alpha value is -1.75. The Morgan fingerprint density at radius 3 is 2.89 bits per heavy atom. The van der Waals surface area contributed by atoms with Crippen molar-refractivity contribution < 1.29 is 14.3 Å². The van der Waals surface area contributed by atoms with Crippen LogP contribution in [-0.4, -0.2) is 25.7 Å². The van der Waals surface area contributed by atoms with Crippen LogP contribution in [0.2, 0.25) is 0 Å². The lowest BCUT2D eigenvalue weighted by atomic mass is 10.0. The number of nitrogen functional groups attached to an aromatic ring is 1. The molecule has 0 unspecified atom stereocenters. The second-order valence-electron chi connectivity index (χ2n) is 4.56. The van der Waals surface area contributed by atoms with E-state index in [0.717, 1.165) is 30.7 Å². The van der Waals surface area contributed by atoms with Gasteiger partial charge in [0.05, 0.1) is 12.3 Å². The number of anilines is 2. The summed E-state index contributed by atoms with van der Waals surface area (Å²) in [4.78, 5) is 11.3. The predicted octanol–water partition coefficient (Wildman–Crippen LogP) is 1.96. The summed E-state index contributed by atoms with van der Waals surface area (Å²) in [5.41, 5.74) is 8.31. The molecule has 0 radical (unpaired) electrons. The van der Waals surface area contributed by atoms with Gasteiger partial charge in [-0.05, 0) is 30.5 Å². The number of nitrogens with one attached hydrogen (secondary N) is 1. The van der Waals surface area contributed by atoms with E-state index in [-0.39, 0.29) is 5.91 Å². The summed E-state index contributed by atoms with van der Waals surface area (Å²) in [6, 6.07) is 3.67. The normalized spacial score (nSPS) is 13.8. The van der Waals surface area contributed by atoms with Crippen LogP contribution in [0.5, 0.6) is 5.75 Å². The van der Waals surface area contributed by atoms with Gasteiger partial charge in [-0.2, -0.15) is 0 Å². The fourth-order valence-corrected chi connectivity index (χ4v) is 2.00. The molecule has 104 valence electrons. The molecule has 0 saturated carbocycles. The molecule has 0 aliphatic carbocycles. The van der Waals surface area contributed by atoms with E-state index in [4.69, 9.17) is 15.2 Å².